The van der Waals surface area contributed by atoms with Gasteiger partial charge in [0.05, 0.1) is 0 Å². The Kier molecular flexibility index (Phi) is 15.1. The summed E-state index contributed by atoms with van der Waals surface area (Å²) in [5.41, 5.74) is 7.55. The first-order valence-electron chi connectivity index (χ1n) is 10.6. The van der Waals surface area contributed by atoms with Crippen LogP contribution in [0.15, 0.2) is 58.2 Å². The molecule has 0 aromatic rings. The predicted molar refractivity (Wildman–Crippen MR) is 122 cm³/mol. The Balaban J connectivity index is 4.03. The molecule has 0 aromatic carbocycles. The van der Waals surface area contributed by atoms with Crippen LogP contribution in [0.5, 0.6) is 0 Å². The van der Waals surface area contributed by atoms with Crippen molar-refractivity contribution in [1.82, 2.24) is 0 Å². The van der Waals surface area contributed by atoms with Gasteiger partial charge in [0.25, 0.3) is 0 Å². The second-order valence-electron chi connectivity index (χ2n) is 8.05. The molecule has 0 fully saturated rings. The lowest BCUT2D eigenvalue weighted by Gasteiger charge is -2.03. The van der Waals surface area contributed by atoms with Gasteiger partial charge in [-0.3, -0.25) is 0 Å². The molecule has 0 aliphatic heterocycles. The molecule has 0 aromatic heterocycles. The van der Waals surface area contributed by atoms with E-state index in [-0.39, 0.29) is 0 Å². The molecule has 0 spiro atoms. The molecule has 0 bridgehead atoms. The summed E-state index contributed by atoms with van der Waals surface area (Å²) in [6.07, 6.45) is 22.7. The fraction of sp³-hybridized carbons (Fsp3) is 0.615. The zero-order valence-corrected chi connectivity index (χ0v) is 18.8. The van der Waals surface area contributed by atoms with Crippen molar-refractivity contribution in [2.75, 3.05) is 0 Å². The van der Waals surface area contributed by atoms with Gasteiger partial charge >= 0.3 is 0 Å². The Bertz CT molecular complexity index is 516. The van der Waals surface area contributed by atoms with E-state index in [9.17, 15) is 0 Å². The van der Waals surface area contributed by atoms with Crippen molar-refractivity contribution < 1.29 is 0 Å². The highest BCUT2D eigenvalue weighted by Crippen LogP contribution is 2.14. The minimum atomic E-state index is 1.16. The molecular formula is C26H44. The number of hydrogen-bond acceptors (Lipinski definition) is 0. The molecule has 0 radical (unpaired) electrons. The molecular weight excluding hydrogens is 312 g/mol. The molecule has 0 nitrogen and oxygen atoms in total. The highest BCUT2D eigenvalue weighted by Gasteiger charge is 1.94. The van der Waals surface area contributed by atoms with Gasteiger partial charge in [-0.15, -0.1) is 0 Å². The van der Waals surface area contributed by atoms with Gasteiger partial charge in [-0.1, -0.05) is 65.2 Å². The van der Waals surface area contributed by atoms with Crippen LogP contribution in [0, 0.1) is 0 Å². The average molecular weight is 357 g/mol. The summed E-state index contributed by atoms with van der Waals surface area (Å²) in [6.45, 7) is 15.6. The van der Waals surface area contributed by atoms with E-state index in [4.69, 9.17) is 0 Å². The Morgan fingerprint density at radius 3 is 1.08 bits per heavy atom. The van der Waals surface area contributed by atoms with Crippen molar-refractivity contribution in [3.05, 3.63) is 58.2 Å². The molecule has 0 atom stereocenters. The first kappa shape index (κ1) is 24.7. The minimum absolute atomic E-state index is 1.16. The summed E-state index contributed by atoms with van der Waals surface area (Å²) in [5, 5.41) is 0. The zero-order chi connectivity index (χ0) is 19.8. The maximum atomic E-state index is 2.44. The monoisotopic (exact) mass is 356 g/mol. The van der Waals surface area contributed by atoms with E-state index < -0.39 is 0 Å². The maximum Gasteiger partial charge on any atom is -0.0288 e. The van der Waals surface area contributed by atoms with Crippen LogP contribution in [0.4, 0.5) is 0 Å². The van der Waals surface area contributed by atoms with Gasteiger partial charge in [0.1, 0.15) is 0 Å². The summed E-state index contributed by atoms with van der Waals surface area (Å²) >= 11 is 0. The van der Waals surface area contributed by atoms with Gasteiger partial charge in [-0.05, 0) is 99.3 Å². The Morgan fingerprint density at radius 1 is 0.462 bits per heavy atom. The summed E-state index contributed by atoms with van der Waals surface area (Å²) in [5.74, 6) is 0. The lowest BCUT2D eigenvalue weighted by Crippen LogP contribution is -1.83. The van der Waals surface area contributed by atoms with Crippen LogP contribution in [-0.4, -0.2) is 0 Å². The Labute approximate surface area is 164 Å². The van der Waals surface area contributed by atoms with Crippen molar-refractivity contribution in [3.63, 3.8) is 0 Å². The largest absolute Gasteiger partial charge is 0.0859 e. The quantitative estimate of drug-likeness (QED) is 0.288. The molecule has 0 N–H and O–H groups in total. The number of hydrogen-bond donors (Lipinski definition) is 0. The normalized spacial score (nSPS) is 14.0. The van der Waals surface area contributed by atoms with Gasteiger partial charge < -0.3 is 0 Å². The number of allylic oxidation sites excluding steroid dienone is 10. The molecule has 0 rings (SSSR count). The fourth-order valence-corrected chi connectivity index (χ4v) is 2.98. The van der Waals surface area contributed by atoms with Crippen LogP contribution in [0.25, 0.3) is 0 Å². The van der Waals surface area contributed by atoms with Crippen molar-refractivity contribution in [1.29, 1.82) is 0 Å². The highest BCUT2D eigenvalue weighted by atomic mass is 14.0. The van der Waals surface area contributed by atoms with E-state index >= 15 is 0 Å². The highest BCUT2D eigenvalue weighted by molar-refractivity contribution is 5.08. The molecule has 0 heteroatoms. The fourth-order valence-electron chi connectivity index (χ4n) is 2.98. The van der Waals surface area contributed by atoms with E-state index in [1.54, 1.807) is 0 Å². The van der Waals surface area contributed by atoms with Gasteiger partial charge in [0.15, 0.2) is 0 Å². The lowest BCUT2D eigenvalue weighted by molar-refractivity contribution is 0.890. The van der Waals surface area contributed by atoms with Gasteiger partial charge in [0, 0.05) is 0 Å². The minimum Gasteiger partial charge on any atom is -0.0859 e. The van der Waals surface area contributed by atoms with E-state index in [0.29, 0.717) is 0 Å². The van der Waals surface area contributed by atoms with Crippen molar-refractivity contribution in [2.24, 2.45) is 0 Å². The summed E-state index contributed by atoms with van der Waals surface area (Å²) in [7, 11) is 0. The second-order valence-corrected chi connectivity index (χ2v) is 8.05. The lowest BCUT2D eigenvalue weighted by atomic mass is 10.0. The van der Waals surface area contributed by atoms with Crippen LogP contribution in [0.3, 0.4) is 0 Å². The van der Waals surface area contributed by atoms with Gasteiger partial charge in [0.2, 0.25) is 0 Å². The van der Waals surface area contributed by atoms with Crippen LogP contribution < -0.4 is 0 Å². The van der Waals surface area contributed by atoms with Crippen molar-refractivity contribution in [2.45, 2.75) is 106 Å². The first-order chi connectivity index (χ1) is 12.3. The van der Waals surface area contributed by atoms with Crippen molar-refractivity contribution >= 4 is 0 Å². The molecule has 0 aliphatic rings. The van der Waals surface area contributed by atoms with Crippen LogP contribution >= 0.6 is 0 Å². The van der Waals surface area contributed by atoms with Crippen molar-refractivity contribution in [3.8, 4) is 0 Å². The SMILES string of the molecule is CCC=C(C)CCC=C(C)CCC=C(C)CCC=C(C)CCC=C(C)C. The topological polar surface area (TPSA) is 0 Å². The molecule has 0 saturated heterocycles. The zero-order valence-electron chi connectivity index (χ0n) is 18.8. The second kappa shape index (κ2) is 15.9. The first-order valence-corrected chi connectivity index (χ1v) is 10.6. The van der Waals surface area contributed by atoms with Crippen LogP contribution in [0.2, 0.25) is 0 Å². The molecule has 0 aliphatic carbocycles. The van der Waals surface area contributed by atoms with Gasteiger partial charge in [-0.25, -0.2) is 0 Å². The molecule has 0 heterocycles. The smallest absolute Gasteiger partial charge is 0.0288 e. The summed E-state index contributed by atoms with van der Waals surface area (Å²) < 4.78 is 0. The van der Waals surface area contributed by atoms with E-state index in [0.717, 1.165) is 6.42 Å². The molecule has 0 saturated carbocycles. The van der Waals surface area contributed by atoms with Crippen LogP contribution in [0.1, 0.15) is 106 Å². The van der Waals surface area contributed by atoms with Crippen LogP contribution in [-0.2, 0) is 0 Å². The third kappa shape index (κ3) is 16.2. The molecule has 148 valence electrons. The third-order valence-electron chi connectivity index (χ3n) is 4.74. The average Bonchev–Trinajstić information content (AvgIpc) is 2.54. The Morgan fingerprint density at radius 2 is 0.769 bits per heavy atom. The molecule has 0 unspecified atom stereocenters. The Hall–Kier alpha value is -1.30. The molecule has 0 amide bonds. The maximum absolute atomic E-state index is 2.44. The van der Waals surface area contributed by atoms with E-state index in [2.05, 4.69) is 78.8 Å². The number of rotatable bonds is 13. The summed E-state index contributed by atoms with van der Waals surface area (Å²) in [6, 6.07) is 0. The third-order valence-corrected chi connectivity index (χ3v) is 4.74. The standard InChI is InChI=1S/C26H44/c1-8-13-23(4)16-10-17-25(6)20-12-21-26(7)19-11-18-24(5)15-9-14-22(2)3/h13-14,17-18,21H,8-12,15-16,19-20H2,1-7H3. The van der Waals surface area contributed by atoms with E-state index in [1.165, 1.54) is 79.2 Å². The summed E-state index contributed by atoms with van der Waals surface area (Å²) in [4.78, 5) is 0. The van der Waals surface area contributed by atoms with E-state index in [1.807, 2.05) is 0 Å². The van der Waals surface area contributed by atoms with Gasteiger partial charge in [-0.2, -0.15) is 0 Å². The molecule has 26 heavy (non-hydrogen) atoms. The predicted octanol–water partition coefficient (Wildman–Crippen LogP) is 9.27.